The van der Waals surface area contributed by atoms with E-state index in [9.17, 15) is 25.2 Å². The Kier molecular flexibility index (Phi) is 17.5. The summed E-state index contributed by atoms with van der Waals surface area (Å²) in [6.07, 6.45) is 8.56. The molecule has 0 saturated carbocycles. The zero-order valence-corrected chi connectivity index (χ0v) is 30.8. The van der Waals surface area contributed by atoms with E-state index >= 15 is 0 Å². The van der Waals surface area contributed by atoms with E-state index in [-0.39, 0.29) is 5.91 Å². The second-order valence-electron chi connectivity index (χ2n) is 13.6. The van der Waals surface area contributed by atoms with Gasteiger partial charge in [0.05, 0.1) is 18.0 Å². The zero-order valence-electron chi connectivity index (χ0n) is 30.8. The molecule has 3 aromatic carbocycles. The number of hydrogen-bond donors (Lipinski definition) is 5. The molecule has 1 aliphatic heterocycles. The summed E-state index contributed by atoms with van der Waals surface area (Å²) in [5.41, 5.74) is 3.58. The molecule has 4 rings (SSSR count). The molecule has 284 valence electrons. The monoisotopic (exact) mass is 718 g/mol. The van der Waals surface area contributed by atoms with Gasteiger partial charge in [-0.15, -0.1) is 0 Å². The lowest BCUT2D eigenvalue weighted by Crippen LogP contribution is -2.60. The van der Waals surface area contributed by atoms with Gasteiger partial charge in [-0.3, -0.25) is 4.79 Å². The molecule has 0 aromatic heterocycles. The van der Waals surface area contributed by atoms with Crippen molar-refractivity contribution in [3.63, 3.8) is 0 Å². The van der Waals surface area contributed by atoms with Crippen molar-refractivity contribution in [3.8, 4) is 5.75 Å². The molecule has 1 fully saturated rings. The number of carbonyl (C=O) groups excluding carboxylic acids is 1. The third-order valence-corrected chi connectivity index (χ3v) is 9.40. The first kappa shape index (κ1) is 40.9. The van der Waals surface area contributed by atoms with Gasteiger partial charge in [0.1, 0.15) is 30.2 Å². The summed E-state index contributed by atoms with van der Waals surface area (Å²) < 4.78 is 11.0. The van der Waals surface area contributed by atoms with Gasteiger partial charge in [-0.2, -0.15) is 10.2 Å². The highest BCUT2D eigenvalue weighted by Crippen LogP contribution is 2.27. The topological polar surface area (TPSA) is 156 Å². The van der Waals surface area contributed by atoms with Gasteiger partial charge in [-0.25, -0.2) is 0 Å². The van der Waals surface area contributed by atoms with Crippen molar-refractivity contribution >= 4 is 28.7 Å². The number of benzene rings is 3. The third kappa shape index (κ3) is 13.0. The smallest absolute Gasteiger partial charge is 0.255 e. The van der Waals surface area contributed by atoms with Crippen LogP contribution in [0.25, 0.3) is 0 Å². The van der Waals surface area contributed by atoms with Crippen LogP contribution in [0.4, 0.5) is 22.7 Å². The molecular weight excluding hydrogens is 660 g/mol. The molecule has 1 saturated heterocycles. The molecular formula is C41H58N4O7. The molecule has 0 bridgehead atoms. The number of nitrogens with one attached hydrogen (secondary N) is 1. The molecule has 1 amide bonds. The Morgan fingerprint density at radius 2 is 1.21 bits per heavy atom. The highest BCUT2D eigenvalue weighted by atomic mass is 16.7. The number of nitrogens with zero attached hydrogens (tertiary/aromatic N) is 3. The number of aliphatic hydroxyl groups excluding tert-OH is 4. The van der Waals surface area contributed by atoms with Gasteiger partial charge >= 0.3 is 0 Å². The number of ether oxygens (including phenoxy) is 2. The van der Waals surface area contributed by atoms with Gasteiger partial charge in [0.2, 0.25) is 6.29 Å². The van der Waals surface area contributed by atoms with Crippen LogP contribution >= 0.6 is 0 Å². The largest absolute Gasteiger partial charge is 0.462 e. The van der Waals surface area contributed by atoms with Crippen LogP contribution in [-0.4, -0.2) is 76.7 Å². The summed E-state index contributed by atoms with van der Waals surface area (Å²) in [5, 5.41) is 51.1. The Morgan fingerprint density at radius 3 is 1.75 bits per heavy atom. The molecule has 0 unspecified atom stereocenters. The maximum atomic E-state index is 12.9. The van der Waals surface area contributed by atoms with Crippen molar-refractivity contribution in [2.24, 2.45) is 10.2 Å². The summed E-state index contributed by atoms with van der Waals surface area (Å²) in [6, 6.07) is 21.5. The summed E-state index contributed by atoms with van der Waals surface area (Å²) in [4.78, 5) is 15.4. The third-order valence-electron chi connectivity index (χ3n) is 9.40. The molecule has 11 heteroatoms. The molecule has 5 N–H and O–H groups in total. The normalized spacial score (nSPS) is 20.2. The van der Waals surface area contributed by atoms with E-state index in [2.05, 4.69) is 46.4 Å². The van der Waals surface area contributed by atoms with Gasteiger partial charge in [0.25, 0.3) is 5.91 Å². The van der Waals surface area contributed by atoms with Crippen molar-refractivity contribution in [1.29, 1.82) is 0 Å². The van der Waals surface area contributed by atoms with Crippen LogP contribution in [0.5, 0.6) is 5.75 Å². The standard InChI is InChI=1S/C41H58N4O7/c1-3-5-7-9-11-13-27-45(28-14-12-10-8-6-4-2)34-23-19-33(20-24-34)44-43-32-17-15-30(16-18-32)40(50)42-31-21-25-35(26-22-31)51-41-39(49)38(48)37(47)36(29-46)52-41/h15-26,36-39,41,46-49H,3-14,27-29H2,1-2H3,(H,42,50)/t36-,37-,38+,39-,41+/m1/s1. The summed E-state index contributed by atoms with van der Waals surface area (Å²) in [7, 11) is 0. The van der Waals surface area contributed by atoms with Crippen LogP contribution in [0, 0.1) is 0 Å². The average Bonchev–Trinajstić information content (AvgIpc) is 3.17. The van der Waals surface area contributed by atoms with E-state index < -0.39 is 37.3 Å². The summed E-state index contributed by atoms with van der Waals surface area (Å²) in [5.74, 6) is -0.0153. The Hall–Kier alpha value is -3.87. The number of aliphatic hydroxyl groups is 4. The fourth-order valence-electron chi connectivity index (χ4n) is 6.18. The fraction of sp³-hybridized carbons (Fsp3) is 0.537. The van der Waals surface area contributed by atoms with E-state index in [0.29, 0.717) is 22.7 Å². The Bertz CT molecular complexity index is 1450. The predicted molar refractivity (Wildman–Crippen MR) is 205 cm³/mol. The van der Waals surface area contributed by atoms with Crippen molar-refractivity contribution < 1.29 is 34.7 Å². The molecule has 5 atom stereocenters. The fourth-order valence-corrected chi connectivity index (χ4v) is 6.18. The molecule has 0 radical (unpaired) electrons. The Labute approximate surface area is 308 Å². The second kappa shape index (κ2) is 22.3. The minimum atomic E-state index is -1.54. The highest BCUT2D eigenvalue weighted by molar-refractivity contribution is 6.04. The Balaban J connectivity index is 1.27. The lowest BCUT2D eigenvalue weighted by Gasteiger charge is -2.39. The number of rotatable bonds is 22. The van der Waals surface area contributed by atoms with Crippen molar-refractivity contribution in [1.82, 2.24) is 0 Å². The van der Waals surface area contributed by atoms with Crippen LogP contribution in [0.1, 0.15) is 101 Å². The molecule has 11 nitrogen and oxygen atoms in total. The maximum absolute atomic E-state index is 12.9. The summed E-state index contributed by atoms with van der Waals surface area (Å²) in [6.45, 7) is 6.12. The quantitative estimate of drug-likeness (QED) is 0.0516. The van der Waals surface area contributed by atoms with Crippen molar-refractivity contribution in [3.05, 3.63) is 78.4 Å². The number of amides is 1. The lowest BCUT2D eigenvalue weighted by molar-refractivity contribution is -0.277. The van der Waals surface area contributed by atoms with Crippen molar-refractivity contribution in [2.45, 2.75) is 122 Å². The van der Waals surface area contributed by atoms with Gasteiger partial charge in [0.15, 0.2) is 0 Å². The van der Waals surface area contributed by atoms with E-state index in [0.717, 1.165) is 18.8 Å². The average molecular weight is 719 g/mol. The zero-order chi connectivity index (χ0) is 37.1. The molecule has 1 aliphatic rings. The predicted octanol–water partition coefficient (Wildman–Crippen LogP) is 8.06. The van der Waals surface area contributed by atoms with Crippen LogP contribution in [0.2, 0.25) is 0 Å². The number of carbonyl (C=O) groups is 1. The first-order valence-corrected chi connectivity index (χ1v) is 19.1. The lowest BCUT2D eigenvalue weighted by atomic mass is 9.99. The first-order chi connectivity index (χ1) is 25.3. The highest BCUT2D eigenvalue weighted by Gasteiger charge is 2.44. The molecule has 3 aromatic rings. The molecule has 52 heavy (non-hydrogen) atoms. The van der Waals surface area contributed by atoms with Crippen LogP contribution in [-0.2, 0) is 4.74 Å². The molecule has 1 heterocycles. The number of unbranched alkanes of at least 4 members (excludes halogenated alkanes) is 10. The van der Waals surface area contributed by atoms with Crippen LogP contribution < -0.4 is 15.0 Å². The summed E-state index contributed by atoms with van der Waals surface area (Å²) >= 11 is 0. The van der Waals surface area contributed by atoms with Gasteiger partial charge in [-0.05, 0) is 85.6 Å². The minimum Gasteiger partial charge on any atom is -0.462 e. The SMILES string of the molecule is CCCCCCCCN(CCCCCCCC)c1ccc(N=Nc2ccc(C(=O)Nc3ccc(O[C@H]4O[C@H](CO)[C@@H](O)[C@H](O)[C@H]4O)cc3)cc2)cc1. The van der Waals surface area contributed by atoms with Gasteiger partial charge < -0.3 is 40.1 Å². The van der Waals surface area contributed by atoms with Gasteiger partial charge in [-0.1, -0.05) is 78.1 Å². The van der Waals surface area contributed by atoms with E-state index in [1.165, 1.54) is 82.7 Å². The minimum absolute atomic E-state index is 0.297. The van der Waals surface area contributed by atoms with E-state index in [1.807, 2.05) is 12.1 Å². The number of anilines is 2. The Morgan fingerprint density at radius 1 is 0.692 bits per heavy atom. The number of hydrogen-bond acceptors (Lipinski definition) is 10. The first-order valence-electron chi connectivity index (χ1n) is 19.1. The van der Waals surface area contributed by atoms with E-state index in [1.54, 1.807) is 48.5 Å². The van der Waals surface area contributed by atoms with Crippen LogP contribution in [0.15, 0.2) is 83.0 Å². The number of azo groups is 1. The molecule has 0 spiro atoms. The van der Waals surface area contributed by atoms with Crippen LogP contribution in [0.3, 0.4) is 0 Å². The van der Waals surface area contributed by atoms with Gasteiger partial charge in [0, 0.05) is 30.0 Å². The maximum Gasteiger partial charge on any atom is 0.255 e. The molecule has 0 aliphatic carbocycles. The van der Waals surface area contributed by atoms with Crippen molar-refractivity contribution in [2.75, 3.05) is 29.9 Å². The second-order valence-corrected chi connectivity index (χ2v) is 13.6. The van der Waals surface area contributed by atoms with E-state index in [4.69, 9.17) is 9.47 Å².